The van der Waals surface area contributed by atoms with Gasteiger partial charge in [-0.25, -0.2) is 0 Å². The highest BCUT2D eigenvalue weighted by atomic mass is 14.3. The molecule has 0 atom stereocenters. The van der Waals surface area contributed by atoms with Crippen LogP contribution in [-0.4, -0.2) is 0 Å². The normalized spacial score (nSPS) is 40.3. The zero-order chi connectivity index (χ0) is 5.28. The fourth-order valence-corrected chi connectivity index (χ4v) is 1.24. The summed E-state index contributed by atoms with van der Waals surface area (Å²) in [6.45, 7) is 4.48. The van der Waals surface area contributed by atoms with E-state index in [9.17, 15) is 0 Å². The van der Waals surface area contributed by atoms with Crippen LogP contribution < -0.4 is 0 Å². The van der Waals surface area contributed by atoms with Crippen molar-refractivity contribution in [3.05, 3.63) is 6.42 Å². The van der Waals surface area contributed by atoms with E-state index in [-0.39, 0.29) is 0 Å². The van der Waals surface area contributed by atoms with E-state index in [2.05, 4.69) is 20.3 Å². The molecule has 0 heterocycles. The molecule has 0 bridgehead atoms. The highest BCUT2D eigenvalue weighted by molar-refractivity contribution is 4.83. The lowest BCUT2D eigenvalue weighted by atomic mass is 9.75. The first-order chi connectivity index (χ1) is 3.33. The molecular formula is C7H13-. The van der Waals surface area contributed by atoms with Gasteiger partial charge in [0.05, 0.1) is 0 Å². The molecule has 42 valence electrons. The summed E-state index contributed by atoms with van der Waals surface area (Å²) >= 11 is 0. The maximum Gasteiger partial charge on any atom is -0.0486 e. The van der Waals surface area contributed by atoms with Crippen LogP contribution in [0.5, 0.6) is 0 Å². The summed E-state index contributed by atoms with van der Waals surface area (Å²) in [5.41, 5.74) is 0. The van der Waals surface area contributed by atoms with E-state index < -0.39 is 0 Å². The second-order valence-corrected chi connectivity index (χ2v) is 2.67. The number of rotatable bonds is 1. The summed E-state index contributed by atoms with van der Waals surface area (Å²) in [5.74, 6) is 1.98. The Morgan fingerprint density at radius 2 is 2.00 bits per heavy atom. The topological polar surface area (TPSA) is 0 Å². The maximum absolute atomic E-state index is 2.32. The Kier molecular flexibility index (Phi) is 1.36. The van der Waals surface area contributed by atoms with E-state index in [0.717, 1.165) is 11.8 Å². The van der Waals surface area contributed by atoms with Gasteiger partial charge in [0.15, 0.2) is 0 Å². The summed E-state index contributed by atoms with van der Waals surface area (Å²) in [5, 5.41) is 0. The first-order valence-corrected chi connectivity index (χ1v) is 3.12. The lowest BCUT2D eigenvalue weighted by Crippen LogP contribution is -2.19. The third-order valence-electron chi connectivity index (χ3n) is 1.88. The highest BCUT2D eigenvalue weighted by Crippen LogP contribution is 2.34. The van der Waals surface area contributed by atoms with Gasteiger partial charge in [0, 0.05) is 0 Å². The number of hydrogen-bond donors (Lipinski definition) is 0. The fraction of sp³-hybridized carbons (Fsp3) is 0.857. The molecule has 7 heavy (non-hydrogen) atoms. The molecule has 0 unspecified atom stereocenters. The molecule has 0 aromatic heterocycles. The standard InChI is InChI=1S/C7H13/c1-3-7-4-6(2)5-7/h3,6-7H,4-5H2,1-2H3/q-1. The van der Waals surface area contributed by atoms with Crippen molar-refractivity contribution in [2.24, 2.45) is 11.8 Å². The zero-order valence-corrected chi connectivity index (χ0v) is 5.15. The molecule has 1 fully saturated rings. The first kappa shape index (κ1) is 5.14. The van der Waals surface area contributed by atoms with Gasteiger partial charge in [-0.1, -0.05) is 19.8 Å². The molecule has 0 nitrogen and oxygen atoms in total. The van der Waals surface area contributed by atoms with E-state index in [0.29, 0.717) is 0 Å². The minimum Gasteiger partial charge on any atom is -0.328 e. The fourth-order valence-electron chi connectivity index (χ4n) is 1.24. The van der Waals surface area contributed by atoms with Crippen molar-refractivity contribution in [3.8, 4) is 0 Å². The minimum absolute atomic E-state index is 0.968. The molecular weight excluding hydrogens is 84.1 g/mol. The van der Waals surface area contributed by atoms with Crippen LogP contribution in [0.2, 0.25) is 0 Å². The van der Waals surface area contributed by atoms with Gasteiger partial charge in [-0.15, -0.1) is 0 Å². The zero-order valence-electron chi connectivity index (χ0n) is 5.15. The third kappa shape index (κ3) is 0.960. The third-order valence-corrected chi connectivity index (χ3v) is 1.88. The Bertz CT molecular complexity index is 51.1. The summed E-state index contributed by atoms with van der Waals surface area (Å²) in [4.78, 5) is 0. The van der Waals surface area contributed by atoms with Crippen LogP contribution in [0, 0.1) is 18.3 Å². The first-order valence-electron chi connectivity index (χ1n) is 3.12. The van der Waals surface area contributed by atoms with Crippen molar-refractivity contribution in [1.82, 2.24) is 0 Å². The molecule has 0 aromatic carbocycles. The van der Waals surface area contributed by atoms with Gasteiger partial charge in [0.25, 0.3) is 0 Å². The quantitative estimate of drug-likeness (QED) is 0.440. The Morgan fingerprint density at radius 1 is 1.43 bits per heavy atom. The van der Waals surface area contributed by atoms with Gasteiger partial charge < -0.3 is 6.42 Å². The van der Waals surface area contributed by atoms with E-state index in [1.165, 1.54) is 12.8 Å². The molecule has 1 rings (SSSR count). The Hall–Kier alpha value is 0. The lowest BCUT2D eigenvalue weighted by Gasteiger charge is -2.38. The second kappa shape index (κ2) is 1.85. The smallest absolute Gasteiger partial charge is 0.0486 e. The summed E-state index contributed by atoms with van der Waals surface area (Å²) in [6, 6.07) is 0. The maximum atomic E-state index is 2.32. The predicted molar refractivity (Wildman–Crippen MR) is 31.9 cm³/mol. The van der Waals surface area contributed by atoms with Crippen LogP contribution >= 0.6 is 0 Å². The van der Waals surface area contributed by atoms with Crippen LogP contribution in [0.4, 0.5) is 0 Å². The summed E-state index contributed by atoms with van der Waals surface area (Å²) in [7, 11) is 0. The van der Waals surface area contributed by atoms with Gasteiger partial charge in [-0.3, -0.25) is 0 Å². The van der Waals surface area contributed by atoms with E-state index >= 15 is 0 Å². The Labute approximate surface area is 45.9 Å². The average molecular weight is 97.2 g/mol. The largest absolute Gasteiger partial charge is 0.328 e. The van der Waals surface area contributed by atoms with Crippen molar-refractivity contribution in [3.63, 3.8) is 0 Å². The van der Waals surface area contributed by atoms with Crippen molar-refractivity contribution in [1.29, 1.82) is 0 Å². The summed E-state index contributed by atoms with van der Waals surface area (Å²) < 4.78 is 0. The molecule has 0 aromatic rings. The van der Waals surface area contributed by atoms with Crippen molar-refractivity contribution in [2.75, 3.05) is 0 Å². The molecule has 1 saturated carbocycles. The molecule has 0 N–H and O–H groups in total. The van der Waals surface area contributed by atoms with E-state index in [1.54, 1.807) is 0 Å². The molecule has 0 amide bonds. The molecule has 0 heteroatoms. The minimum atomic E-state index is 0.968. The number of hydrogen-bond acceptors (Lipinski definition) is 0. The van der Waals surface area contributed by atoms with Gasteiger partial charge >= 0.3 is 0 Å². The SMILES string of the molecule is C[CH-]C1CC(C)C1. The van der Waals surface area contributed by atoms with Crippen molar-refractivity contribution in [2.45, 2.75) is 26.7 Å². The monoisotopic (exact) mass is 97.1 g/mol. The van der Waals surface area contributed by atoms with Crippen molar-refractivity contribution < 1.29 is 0 Å². The lowest BCUT2D eigenvalue weighted by molar-refractivity contribution is 0.246. The van der Waals surface area contributed by atoms with Crippen LogP contribution in [0.1, 0.15) is 26.7 Å². The van der Waals surface area contributed by atoms with E-state index in [1.807, 2.05) is 0 Å². The van der Waals surface area contributed by atoms with Crippen LogP contribution in [-0.2, 0) is 0 Å². The second-order valence-electron chi connectivity index (χ2n) is 2.67. The van der Waals surface area contributed by atoms with E-state index in [4.69, 9.17) is 0 Å². The van der Waals surface area contributed by atoms with Crippen LogP contribution in [0.3, 0.4) is 0 Å². The van der Waals surface area contributed by atoms with Gasteiger partial charge in [-0.05, 0) is 5.92 Å². The Balaban J connectivity index is 2.06. The molecule has 1 aliphatic rings. The van der Waals surface area contributed by atoms with Crippen LogP contribution in [0.15, 0.2) is 0 Å². The molecule has 0 spiro atoms. The summed E-state index contributed by atoms with van der Waals surface area (Å²) in [6.07, 6.45) is 5.20. The van der Waals surface area contributed by atoms with Gasteiger partial charge in [-0.2, -0.15) is 12.8 Å². The van der Waals surface area contributed by atoms with Gasteiger partial charge in [0.2, 0.25) is 0 Å². The molecule has 0 saturated heterocycles. The molecule has 1 aliphatic carbocycles. The van der Waals surface area contributed by atoms with Crippen molar-refractivity contribution >= 4 is 0 Å². The molecule has 0 radical (unpaired) electrons. The molecule has 0 aliphatic heterocycles. The Morgan fingerprint density at radius 3 is 2.14 bits per heavy atom. The van der Waals surface area contributed by atoms with Crippen LogP contribution in [0.25, 0.3) is 0 Å². The average Bonchev–Trinajstić information content (AvgIpc) is 1.58. The highest BCUT2D eigenvalue weighted by Gasteiger charge is 2.16. The predicted octanol–water partition coefficient (Wildman–Crippen LogP) is 2.26. The van der Waals surface area contributed by atoms with Gasteiger partial charge in [0.1, 0.15) is 0 Å².